The third kappa shape index (κ3) is 4.09. The molecule has 0 aliphatic carbocycles. The van der Waals surface area contributed by atoms with Gasteiger partial charge in [-0.2, -0.15) is 13.2 Å². The van der Waals surface area contributed by atoms with Crippen LogP contribution in [0.5, 0.6) is 0 Å². The van der Waals surface area contributed by atoms with Crippen molar-refractivity contribution in [1.29, 1.82) is 0 Å². The Hall–Kier alpha value is -0.790. The number of hydrogen-bond acceptors (Lipinski definition) is 3. The summed E-state index contributed by atoms with van der Waals surface area (Å²) in [6.45, 7) is 3.39. The van der Waals surface area contributed by atoms with Gasteiger partial charge in [0.05, 0.1) is 23.9 Å². The summed E-state index contributed by atoms with van der Waals surface area (Å²) in [7, 11) is 0. The lowest BCUT2D eigenvalue weighted by Crippen LogP contribution is -2.30. The lowest BCUT2D eigenvalue weighted by Gasteiger charge is -2.22. The van der Waals surface area contributed by atoms with Gasteiger partial charge in [0.15, 0.2) is 0 Å². The zero-order chi connectivity index (χ0) is 14.8. The van der Waals surface area contributed by atoms with Gasteiger partial charge in [0, 0.05) is 10.5 Å². The van der Waals surface area contributed by atoms with E-state index in [0.717, 1.165) is 6.07 Å². The zero-order valence-electron chi connectivity index (χ0n) is 10.6. The number of rotatable bonds is 4. The van der Waals surface area contributed by atoms with Crippen LogP contribution in [-0.2, 0) is 6.18 Å². The summed E-state index contributed by atoms with van der Waals surface area (Å²) in [5, 5.41) is 12.3. The van der Waals surface area contributed by atoms with E-state index in [1.165, 1.54) is 6.07 Å². The van der Waals surface area contributed by atoms with Crippen molar-refractivity contribution in [3.05, 3.63) is 27.7 Å². The molecular weight excluding hydrogens is 325 g/mol. The van der Waals surface area contributed by atoms with Crippen molar-refractivity contribution in [3.63, 3.8) is 0 Å². The van der Waals surface area contributed by atoms with Gasteiger partial charge in [-0.1, -0.05) is 13.8 Å². The van der Waals surface area contributed by atoms with Crippen LogP contribution in [0.1, 0.15) is 31.0 Å². The standard InChI is InChI=1S/C12H16BrF3N2O/c1-6(2)18-10(5-19)7-3-8(12(14,15)16)11(17)9(13)4-7/h3-4,6,10,18-19H,5,17H2,1-2H3. The van der Waals surface area contributed by atoms with Crippen molar-refractivity contribution >= 4 is 21.6 Å². The molecule has 7 heteroatoms. The van der Waals surface area contributed by atoms with E-state index in [2.05, 4.69) is 21.2 Å². The van der Waals surface area contributed by atoms with Gasteiger partial charge in [0.25, 0.3) is 0 Å². The largest absolute Gasteiger partial charge is 0.418 e. The topological polar surface area (TPSA) is 58.3 Å². The lowest BCUT2D eigenvalue weighted by molar-refractivity contribution is -0.137. The number of halogens is 4. The maximum absolute atomic E-state index is 12.9. The van der Waals surface area contributed by atoms with Crippen molar-refractivity contribution in [2.45, 2.75) is 32.1 Å². The summed E-state index contributed by atoms with van der Waals surface area (Å²) in [6.07, 6.45) is -4.53. The Kier molecular flexibility index (Phi) is 5.23. The van der Waals surface area contributed by atoms with Crippen molar-refractivity contribution in [1.82, 2.24) is 5.32 Å². The highest BCUT2D eigenvalue weighted by molar-refractivity contribution is 9.10. The molecule has 0 radical (unpaired) electrons. The quantitative estimate of drug-likeness (QED) is 0.738. The molecule has 3 nitrogen and oxygen atoms in total. The van der Waals surface area contributed by atoms with Crippen molar-refractivity contribution in [2.75, 3.05) is 12.3 Å². The second-order valence-electron chi connectivity index (χ2n) is 4.52. The molecule has 0 saturated carbocycles. The summed E-state index contributed by atoms with van der Waals surface area (Å²) in [5.74, 6) is 0. The maximum Gasteiger partial charge on any atom is 0.418 e. The Morgan fingerprint density at radius 2 is 1.95 bits per heavy atom. The number of nitrogens with two attached hydrogens (primary N) is 1. The average Bonchev–Trinajstić information content (AvgIpc) is 2.27. The van der Waals surface area contributed by atoms with Crippen molar-refractivity contribution in [2.24, 2.45) is 0 Å². The van der Waals surface area contributed by atoms with Gasteiger partial charge in [0.2, 0.25) is 0 Å². The lowest BCUT2D eigenvalue weighted by atomic mass is 10.0. The minimum atomic E-state index is -4.53. The average molecular weight is 341 g/mol. The maximum atomic E-state index is 12.9. The first-order valence-electron chi connectivity index (χ1n) is 5.69. The third-order valence-corrected chi connectivity index (χ3v) is 3.23. The molecule has 0 aromatic heterocycles. The van der Waals surface area contributed by atoms with E-state index in [1.54, 1.807) is 0 Å². The second-order valence-corrected chi connectivity index (χ2v) is 5.37. The highest BCUT2D eigenvalue weighted by Gasteiger charge is 2.34. The van der Waals surface area contributed by atoms with E-state index < -0.39 is 17.8 Å². The van der Waals surface area contributed by atoms with Crippen LogP contribution in [0, 0.1) is 0 Å². The van der Waals surface area contributed by atoms with E-state index in [4.69, 9.17) is 5.73 Å². The van der Waals surface area contributed by atoms with Gasteiger partial charge in [-0.05, 0) is 33.6 Å². The number of aliphatic hydroxyl groups is 1. The van der Waals surface area contributed by atoms with E-state index in [9.17, 15) is 18.3 Å². The number of aliphatic hydroxyl groups excluding tert-OH is 1. The van der Waals surface area contributed by atoms with Crippen LogP contribution >= 0.6 is 15.9 Å². The van der Waals surface area contributed by atoms with Gasteiger partial charge < -0.3 is 16.2 Å². The number of nitrogen functional groups attached to an aromatic ring is 1. The van der Waals surface area contributed by atoms with E-state index in [1.807, 2.05) is 13.8 Å². The van der Waals surface area contributed by atoms with E-state index >= 15 is 0 Å². The third-order valence-electron chi connectivity index (χ3n) is 2.58. The van der Waals surface area contributed by atoms with Crippen LogP contribution in [0.25, 0.3) is 0 Å². The van der Waals surface area contributed by atoms with E-state index in [0.29, 0.717) is 5.56 Å². The number of anilines is 1. The van der Waals surface area contributed by atoms with Gasteiger partial charge in [-0.3, -0.25) is 0 Å². The molecule has 1 atom stereocenters. The molecule has 0 spiro atoms. The zero-order valence-corrected chi connectivity index (χ0v) is 12.1. The summed E-state index contributed by atoms with van der Waals surface area (Å²) in [6, 6.07) is 1.91. The Morgan fingerprint density at radius 3 is 2.37 bits per heavy atom. The molecule has 0 aliphatic heterocycles. The van der Waals surface area contributed by atoms with E-state index in [-0.39, 0.29) is 22.8 Å². The Balaban J connectivity index is 3.26. The summed E-state index contributed by atoms with van der Waals surface area (Å²) < 4.78 is 38.7. The fraction of sp³-hybridized carbons (Fsp3) is 0.500. The molecule has 0 saturated heterocycles. The van der Waals surface area contributed by atoms with Gasteiger partial charge in [-0.25, -0.2) is 0 Å². The summed E-state index contributed by atoms with van der Waals surface area (Å²) in [5.41, 5.74) is 4.52. The van der Waals surface area contributed by atoms with Crippen molar-refractivity contribution in [3.8, 4) is 0 Å². The molecule has 0 aliphatic rings. The highest BCUT2D eigenvalue weighted by Crippen LogP contribution is 2.39. The molecule has 0 amide bonds. The van der Waals surface area contributed by atoms with Crippen LogP contribution in [0.2, 0.25) is 0 Å². The number of benzene rings is 1. The highest BCUT2D eigenvalue weighted by atomic mass is 79.9. The van der Waals surface area contributed by atoms with Crippen LogP contribution in [0.4, 0.5) is 18.9 Å². The SMILES string of the molecule is CC(C)NC(CO)c1cc(Br)c(N)c(C(F)(F)F)c1. The summed E-state index contributed by atoms with van der Waals surface area (Å²) in [4.78, 5) is 0. The molecule has 4 N–H and O–H groups in total. The molecule has 1 aromatic rings. The molecule has 1 aromatic carbocycles. The molecule has 1 unspecified atom stereocenters. The van der Waals surface area contributed by atoms with Crippen LogP contribution in [-0.4, -0.2) is 17.8 Å². The number of alkyl halides is 3. The Bertz CT molecular complexity index is 449. The first kappa shape index (κ1) is 16.3. The minimum absolute atomic E-state index is 0.0304. The fourth-order valence-corrected chi connectivity index (χ4v) is 2.21. The minimum Gasteiger partial charge on any atom is -0.397 e. The number of hydrogen-bond donors (Lipinski definition) is 3. The molecule has 1 rings (SSSR count). The number of nitrogens with one attached hydrogen (secondary N) is 1. The second kappa shape index (κ2) is 6.11. The molecular formula is C12H16BrF3N2O. The normalized spacial score (nSPS) is 13.9. The van der Waals surface area contributed by atoms with Crippen LogP contribution < -0.4 is 11.1 Å². The smallest absolute Gasteiger partial charge is 0.397 e. The van der Waals surface area contributed by atoms with Gasteiger partial charge >= 0.3 is 6.18 Å². The van der Waals surface area contributed by atoms with Gasteiger partial charge in [0.1, 0.15) is 0 Å². The molecule has 0 fully saturated rings. The Morgan fingerprint density at radius 1 is 1.37 bits per heavy atom. The molecule has 0 bridgehead atoms. The Labute approximate surface area is 118 Å². The predicted octanol–water partition coefficient (Wildman–Crippen LogP) is 3.08. The first-order chi connectivity index (χ1) is 8.66. The molecule has 19 heavy (non-hydrogen) atoms. The fourth-order valence-electron chi connectivity index (χ4n) is 1.73. The van der Waals surface area contributed by atoms with Crippen LogP contribution in [0.15, 0.2) is 16.6 Å². The van der Waals surface area contributed by atoms with Crippen LogP contribution in [0.3, 0.4) is 0 Å². The monoisotopic (exact) mass is 340 g/mol. The van der Waals surface area contributed by atoms with Crippen molar-refractivity contribution < 1.29 is 18.3 Å². The molecule has 108 valence electrons. The first-order valence-corrected chi connectivity index (χ1v) is 6.49. The summed E-state index contributed by atoms with van der Waals surface area (Å²) >= 11 is 3.02. The van der Waals surface area contributed by atoms with Gasteiger partial charge in [-0.15, -0.1) is 0 Å². The predicted molar refractivity (Wildman–Crippen MR) is 71.7 cm³/mol. The molecule has 0 heterocycles.